The summed E-state index contributed by atoms with van der Waals surface area (Å²) < 4.78 is 3.39. The highest BCUT2D eigenvalue weighted by molar-refractivity contribution is 5.86. The molecule has 0 unspecified atom stereocenters. The lowest BCUT2D eigenvalue weighted by Gasteiger charge is -2.05. The Morgan fingerprint density at radius 3 is 2.83 bits per heavy atom. The van der Waals surface area contributed by atoms with Gasteiger partial charge in [0.25, 0.3) is 0 Å². The lowest BCUT2D eigenvalue weighted by Crippen LogP contribution is -2.11. The van der Waals surface area contributed by atoms with Crippen LogP contribution < -0.4 is 0 Å². The second-order valence-corrected chi connectivity index (χ2v) is 4.42. The molecule has 8 nitrogen and oxygen atoms in total. The molecule has 1 fully saturated rings. The highest BCUT2D eigenvalue weighted by Gasteiger charge is 2.33. The van der Waals surface area contributed by atoms with Crippen molar-refractivity contribution in [3.8, 4) is 0 Å². The molecule has 2 aromatic rings. The monoisotopic (exact) mass is 248 g/mol. The molecule has 94 valence electrons. The number of hydrogen-bond donors (Lipinski definition) is 1. The van der Waals surface area contributed by atoms with Crippen LogP contribution in [0.15, 0.2) is 6.33 Å². The normalized spacial score (nSPS) is 14.9. The number of carbonyl (C=O) groups is 1. The van der Waals surface area contributed by atoms with Gasteiger partial charge in [-0.1, -0.05) is 5.21 Å². The van der Waals surface area contributed by atoms with Crippen molar-refractivity contribution in [1.82, 2.24) is 29.8 Å². The van der Waals surface area contributed by atoms with Gasteiger partial charge < -0.3 is 9.67 Å². The molecule has 3 rings (SSSR count). The van der Waals surface area contributed by atoms with E-state index < -0.39 is 5.97 Å². The fourth-order valence-corrected chi connectivity index (χ4v) is 1.93. The first-order valence-electron chi connectivity index (χ1n) is 5.66. The van der Waals surface area contributed by atoms with Gasteiger partial charge in [0.05, 0.1) is 5.69 Å². The molecule has 0 aromatic carbocycles. The molecule has 1 aliphatic rings. The van der Waals surface area contributed by atoms with E-state index in [4.69, 9.17) is 5.11 Å². The van der Waals surface area contributed by atoms with E-state index in [1.54, 1.807) is 15.6 Å². The third-order valence-corrected chi connectivity index (χ3v) is 3.04. The van der Waals surface area contributed by atoms with Crippen LogP contribution in [0.1, 0.15) is 40.8 Å². The predicted molar refractivity (Wildman–Crippen MR) is 59.1 cm³/mol. The molecule has 0 amide bonds. The van der Waals surface area contributed by atoms with Crippen LogP contribution in [0.5, 0.6) is 0 Å². The first kappa shape index (κ1) is 10.9. The second-order valence-electron chi connectivity index (χ2n) is 4.42. The van der Waals surface area contributed by atoms with Crippen LogP contribution in [0.2, 0.25) is 0 Å². The average molecular weight is 248 g/mol. The number of aryl methyl sites for hydroxylation is 1. The number of carboxylic acid groups (broad SMARTS) is 1. The van der Waals surface area contributed by atoms with Gasteiger partial charge >= 0.3 is 5.97 Å². The Morgan fingerprint density at radius 1 is 1.50 bits per heavy atom. The van der Waals surface area contributed by atoms with Crippen LogP contribution >= 0.6 is 0 Å². The van der Waals surface area contributed by atoms with Crippen LogP contribution in [-0.4, -0.2) is 40.8 Å². The summed E-state index contributed by atoms with van der Waals surface area (Å²) in [5, 5.41) is 24.5. The van der Waals surface area contributed by atoms with E-state index in [0.29, 0.717) is 12.2 Å². The van der Waals surface area contributed by atoms with Gasteiger partial charge in [0.15, 0.2) is 11.5 Å². The van der Waals surface area contributed by atoms with Gasteiger partial charge in [-0.05, 0) is 12.8 Å². The fraction of sp³-hybridized carbons (Fsp3) is 0.500. The van der Waals surface area contributed by atoms with Crippen molar-refractivity contribution in [3.63, 3.8) is 0 Å². The van der Waals surface area contributed by atoms with Crippen molar-refractivity contribution in [2.24, 2.45) is 7.05 Å². The largest absolute Gasteiger partial charge is 0.476 e. The number of aromatic carboxylic acids is 1. The highest BCUT2D eigenvalue weighted by atomic mass is 16.4. The van der Waals surface area contributed by atoms with Gasteiger partial charge in [0.1, 0.15) is 12.9 Å². The number of nitrogens with zero attached hydrogens (tertiary/aromatic N) is 6. The predicted octanol–water partition coefficient (Wildman–Crippen LogP) is 0.0305. The van der Waals surface area contributed by atoms with Crippen LogP contribution in [0.4, 0.5) is 0 Å². The number of aromatic nitrogens is 6. The van der Waals surface area contributed by atoms with Crippen molar-refractivity contribution in [3.05, 3.63) is 23.5 Å². The standard InChI is InChI=1S/C10H12N6O2/c1-15-5-11-12-7(15)4-16-9(6-2-3-6)8(10(17)18)13-14-16/h5-6H,2-4H2,1H3,(H,17,18). The summed E-state index contributed by atoms with van der Waals surface area (Å²) in [6, 6.07) is 0. The van der Waals surface area contributed by atoms with E-state index in [-0.39, 0.29) is 11.6 Å². The summed E-state index contributed by atoms with van der Waals surface area (Å²) in [4.78, 5) is 11.1. The molecule has 0 aliphatic heterocycles. The van der Waals surface area contributed by atoms with Crippen molar-refractivity contribution in [2.75, 3.05) is 0 Å². The van der Waals surface area contributed by atoms with E-state index in [9.17, 15) is 4.79 Å². The van der Waals surface area contributed by atoms with E-state index in [1.165, 1.54) is 0 Å². The molecule has 0 saturated heterocycles. The number of hydrogen-bond acceptors (Lipinski definition) is 5. The van der Waals surface area contributed by atoms with Gasteiger partial charge in [0, 0.05) is 13.0 Å². The van der Waals surface area contributed by atoms with Crippen molar-refractivity contribution in [2.45, 2.75) is 25.3 Å². The molecule has 0 atom stereocenters. The Labute approximate surface area is 102 Å². The summed E-state index contributed by atoms with van der Waals surface area (Å²) in [6.45, 7) is 0.391. The zero-order chi connectivity index (χ0) is 12.7. The number of carboxylic acids is 1. The van der Waals surface area contributed by atoms with Crippen molar-refractivity contribution < 1.29 is 9.90 Å². The van der Waals surface area contributed by atoms with Crippen molar-refractivity contribution in [1.29, 1.82) is 0 Å². The first-order valence-corrected chi connectivity index (χ1v) is 5.66. The Morgan fingerprint density at radius 2 is 2.28 bits per heavy atom. The molecule has 0 radical (unpaired) electrons. The molecular weight excluding hydrogens is 236 g/mol. The maximum Gasteiger partial charge on any atom is 0.358 e. The van der Waals surface area contributed by atoms with E-state index >= 15 is 0 Å². The first-order chi connectivity index (χ1) is 8.66. The van der Waals surface area contributed by atoms with Crippen LogP contribution in [0.3, 0.4) is 0 Å². The Hall–Kier alpha value is -2.25. The maximum atomic E-state index is 11.1. The molecule has 18 heavy (non-hydrogen) atoms. The molecule has 0 spiro atoms. The van der Waals surface area contributed by atoms with Gasteiger partial charge in [-0.15, -0.1) is 15.3 Å². The molecular formula is C10H12N6O2. The number of rotatable bonds is 4. The topological polar surface area (TPSA) is 98.7 Å². The van der Waals surface area contributed by atoms with Gasteiger partial charge in [-0.3, -0.25) is 0 Å². The van der Waals surface area contributed by atoms with E-state index in [1.807, 2.05) is 7.05 Å². The fourth-order valence-electron chi connectivity index (χ4n) is 1.93. The summed E-state index contributed by atoms with van der Waals surface area (Å²) in [5.41, 5.74) is 0.755. The minimum atomic E-state index is -1.03. The third kappa shape index (κ3) is 1.75. The van der Waals surface area contributed by atoms with Crippen LogP contribution in [-0.2, 0) is 13.6 Å². The van der Waals surface area contributed by atoms with Gasteiger partial charge in [0.2, 0.25) is 0 Å². The molecule has 8 heteroatoms. The maximum absolute atomic E-state index is 11.1. The average Bonchev–Trinajstić information content (AvgIpc) is 2.96. The SMILES string of the molecule is Cn1cnnc1Cn1nnc(C(=O)O)c1C1CC1. The lowest BCUT2D eigenvalue weighted by molar-refractivity contribution is 0.0689. The zero-order valence-electron chi connectivity index (χ0n) is 9.81. The molecule has 1 saturated carbocycles. The van der Waals surface area contributed by atoms with Gasteiger partial charge in [-0.25, -0.2) is 9.48 Å². The molecule has 1 aliphatic carbocycles. The van der Waals surface area contributed by atoms with Crippen LogP contribution in [0, 0.1) is 0 Å². The Kier molecular flexibility index (Phi) is 2.35. The molecule has 0 bridgehead atoms. The third-order valence-electron chi connectivity index (χ3n) is 3.04. The summed E-state index contributed by atoms with van der Waals surface area (Å²) >= 11 is 0. The Balaban J connectivity index is 1.97. The quantitative estimate of drug-likeness (QED) is 0.819. The minimum Gasteiger partial charge on any atom is -0.476 e. The lowest BCUT2D eigenvalue weighted by atomic mass is 10.2. The van der Waals surface area contributed by atoms with E-state index in [0.717, 1.165) is 18.7 Å². The Bertz CT molecular complexity index is 597. The molecule has 1 N–H and O–H groups in total. The minimum absolute atomic E-state index is 0.0552. The zero-order valence-corrected chi connectivity index (χ0v) is 9.81. The summed E-state index contributed by atoms with van der Waals surface area (Å²) in [7, 11) is 1.83. The molecule has 2 heterocycles. The van der Waals surface area contributed by atoms with E-state index in [2.05, 4.69) is 20.5 Å². The van der Waals surface area contributed by atoms with Crippen molar-refractivity contribution >= 4 is 5.97 Å². The van der Waals surface area contributed by atoms with Gasteiger partial charge in [-0.2, -0.15) is 0 Å². The summed E-state index contributed by atoms with van der Waals surface area (Å²) in [5.74, 6) is -0.0424. The summed E-state index contributed by atoms with van der Waals surface area (Å²) in [6.07, 6.45) is 3.58. The molecule has 2 aromatic heterocycles. The highest BCUT2D eigenvalue weighted by Crippen LogP contribution is 2.41. The smallest absolute Gasteiger partial charge is 0.358 e. The second kappa shape index (κ2) is 3.90. The van der Waals surface area contributed by atoms with Crippen LogP contribution in [0.25, 0.3) is 0 Å².